The van der Waals surface area contributed by atoms with Crippen LogP contribution < -0.4 is 11.5 Å². The zero-order chi connectivity index (χ0) is 17.4. The summed E-state index contributed by atoms with van der Waals surface area (Å²) in [6, 6.07) is -0.220. The summed E-state index contributed by atoms with van der Waals surface area (Å²) in [7, 11) is 0. The van der Waals surface area contributed by atoms with Crippen molar-refractivity contribution in [3.8, 4) is 0 Å². The molecule has 1 amide bonds. The fourth-order valence-corrected chi connectivity index (χ4v) is 2.56. The molecule has 126 valence electrons. The van der Waals surface area contributed by atoms with Gasteiger partial charge in [-0.2, -0.15) is 0 Å². The Labute approximate surface area is 143 Å². The van der Waals surface area contributed by atoms with E-state index in [1.807, 2.05) is 26.8 Å². The summed E-state index contributed by atoms with van der Waals surface area (Å²) in [6.45, 7) is 5.60. The highest BCUT2D eigenvalue weighted by Gasteiger charge is 2.13. The molecule has 0 saturated heterocycles. The van der Waals surface area contributed by atoms with Gasteiger partial charge in [0.15, 0.2) is 0 Å². The molecule has 4 N–H and O–H groups in total. The van der Waals surface area contributed by atoms with Gasteiger partial charge in [0.25, 0.3) is 0 Å². The minimum Gasteiger partial charge on any atom is -0.366 e. The molecule has 1 aliphatic carbocycles. The van der Waals surface area contributed by atoms with E-state index in [4.69, 9.17) is 23.1 Å². The number of hydrogen-bond donors (Lipinski definition) is 2. The Morgan fingerprint density at radius 2 is 2.09 bits per heavy atom. The second-order valence-corrected chi connectivity index (χ2v) is 6.10. The summed E-state index contributed by atoms with van der Waals surface area (Å²) in [4.78, 5) is 16.0. The van der Waals surface area contributed by atoms with Gasteiger partial charge in [-0.1, -0.05) is 23.8 Å². The number of allylic oxidation sites excluding steroid dienone is 5. The number of primary amides is 1. The van der Waals surface area contributed by atoms with Crippen LogP contribution in [0.25, 0.3) is 0 Å². The standard InChI is InChI=1S/C18H26ClN3O/c1-4-15(19)10-16(12(2)20)13(3)22-17(11-18(21)23)14-8-6-5-7-9-14/h4,8,10-12H,5-7,9,20H2,1-3H3,(H2,21,23)/b15-4+,16-10-,17-11-,22-13+. The average Bonchev–Trinajstić information content (AvgIpc) is 2.51. The van der Waals surface area contributed by atoms with Crippen molar-refractivity contribution in [1.29, 1.82) is 0 Å². The molecule has 0 bridgehead atoms. The first-order valence-corrected chi connectivity index (χ1v) is 8.28. The van der Waals surface area contributed by atoms with Crippen LogP contribution in [-0.4, -0.2) is 17.7 Å². The number of hydrogen-bond acceptors (Lipinski definition) is 3. The number of amides is 1. The first kappa shape index (κ1) is 19.4. The number of carbonyl (C=O) groups is 1. The maximum Gasteiger partial charge on any atom is 0.243 e. The summed E-state index contributed by atoms with van der Waals surface area (Å²) in [6.07, 6.45) is 11.3. The van der Waals surface area contributed by atoms with E-state index < -0.39 is 5.91 Å². The van der Waals surface area contributed by atoms with E-state index in [1.54, 1.807) is 6.08 Å². The number of aliphatic imine (C=N–C) groups is 1. The molecule has 0 radical (unpaired) electrons. The highest BCUT2D eigenvalue weighted by Crippen LogP contribution is 2.25. The van der Waals surface area contributed by atoms with E-state index in [2.05, 4.69) is 11.1 Å². The van der Waals surface area contributed by atoms with E-state index in [-0.39, 0.29) is 6.04 Å². The van der Waals surface area contributed by atoms with Crippen LogP contribution >= 0.6 is 11.6 Å². The third kappa shape index (κ3) is 6.55. The van der Waals surface area contributed by atoms with E-state index >= 15 is 0 Å². The summed E-state index contributed by atoms with van der Waals surface area (Å²) < 4.78 is 0. The van der Waals surface area contributed by atoms with Crippen molar-refractivity contribution in [3.05, 3.63) is 46.2 Å². The Kier molecular flexibility index (Phi) is 8.00. The molecule has 5 heteroatoms. The van der Waals surface area contributed by atoms with Crippen LogP contribution in [0, 0.1) is 0 Å². The lowest BCUT2D eigenvalue weighted by molar-refractivity contribution is -0.113. The van der Waals surface area contributed by atoms with E-state index in [9.17, 15) is 4.79 Å². The quantitative estimate of drug-likeness (QED) is 0.440. The molecule has 23 heavy (non-hydrogen) atoms. The van der Waals surface area contributed by atoms with Crippen molar-refractivity contribution in [3.63, 3.8) is 0 Å². The molecular weight excluding hydrogens is 310 g/mol. The number of halogens is 1. The Bertz CT molecular complexity index is 595. The molecule has 0 heterocycles. The molecule has 1 atom stereocenters. The van der Waals surface area contributed by atoms with Crippen molar-refractivity contribution in [1.82, 2.24) is 0 Å². The van der Waals surface area contributed by atoms with Crippen molar-refractivity contribution in [2.45, 2.75) is 52.5 Å². The maximum absolute atomic E-state index is 11.3. The molecule has 1 rings (SSSR count). The van der Waals surface area contributed by atoms with Gasteiger partial charge in [0.2, 0.25) is 5.91 Å². The van der Waals surface area contributed by atoms with Gasteiger partial charge >= 0.3 is 0 Å². The summed E-state index contributed by atoms with van der Waals surface area (Å²) >= 11 is 6.09. The molecule has 1 aliphatic rings. The fourth-order valence-electron chi connectivity index (χ4n) is 2.44. The van der Waals surface area contributed by atoms with Crippen molar-refractivity contribution < 1.29 is 4.79 Å². The maximum atomic E-state index is 11.3. The van der Waals surface area contributed by atoms with Crippen LogP contribution in [0.4, 0.5) is 0 Å². The van der Waals surface area contributed by atoms with Crippen LogP contribution in [0.2, 0.25) is 0 Å². The van der Waals surface area contributed by atoms with Crippen molar-refractivity contribution in [2.24, 2.45) is 16.5 Å². The number of nitrogens with zero attached hydrogens (tertiary/aromatic N) is 1. The smallest absolute Gasteiger partial charge is 0.243 e. The molecule has 0 spiro atoms. The monoisotopic (exact) mass is 335 g/mol. The third-order valence-corrected chi connectivity index (χ3v) is 3.99. The second-order valence-electron chi connectivity index (χ2n) is 5.67. The van der Waals surface area contributed by atoms with Crippen LogP contribution in [-0.2, 0) is 4.79 Å². The van der Waals surface area contributed by atoms with E-state index in [1.165, 1.54) is 6.08 Å². The highest BCUT2D eigenvalue weighted by atomic mass is 35.5. The van der Waals surface area contributed by atoms with Gasteiger partial charge in [0, 0.05) is 22.9 Å². The minimum absolute atomic E-state index is 0.220. The Balaban J connectivity index is 3.26. The lowest BCUT2D eigenvalue weighted by atomic mass is 9.96. The van der Waals surface area contributed by atoms with Gasteiger partial charge in [-0.3, -0.25) is 9.79 Å². The van der Waals surface area contributed by atoms with Crippen LogP contribution in [0.3, 0.4) is 0 Å². The fraction of sp³-hybridized carbons (Fsp3) is 0.444. The molecule has 1 unspecified atom stereocenters. The average molecular weight is 336 g/mol. The minimum atomic E-state index is -0.499. The topological polar surface area (TPSA) is 81.5 Å². The molecule has 4 nitrogen and oxygen atoms in total. The molecule has 0 fully saturated rings. The lowest BCUT2D eigenvalue weighted by Crippen LogP contribution is -2.23. The largest absolute Gasteiger partial charge is 0.366 e. The summed E-state index contributed by atoms with van der Waals surface area (Å²) in [5, 5.41) is 0.601. The van der Waals surface area contributed by atoms with Gasteiger partial charge in [-0.25, -0.2) is 0 Å². The molecule has 0 aliphatic heterocycles. The number of nitrogens with two attached hydrogens (primary N) is 2. The Hall–Kier alpha value is -1.65. The SMILES string of the molecule is C\C=C(Cl)/C=C(\C(C)=N\C(=C/C(N)=O)C1=CCCCC1)C(C)N. The molecule has 0 saturated carbocycles. The van der Waals surface area contributed by atoms with Crippen LogP contribution in [0.5, 0.6) is 0 Å². The molecule has 0 aromatic carbocycles. The van der Waals surface area contributed by atoms with Gasteiger partial charge < -0.3 is 11.5 Å². The van der Waals surface area contributed by atoms with E-state index in [0.29, 0.717) is 10.7 Å². The van der Waals surface area contributed by atoms with E-state index in [0.717, 1.165) is 42.5 Å². The third-order valence-electron chi connectivity index (χ3n) is 3.66. The van der Waals surface area contributed by atoms with Gasteiger partial charge in [-0.05, 0) is 63.7 Å². The molecule has 0 aromatic rings. The summed E-state index contributed by atoms with van der Waals surface area (Å²) in [5.74, 6) is -0.499. The Morgan fingerprint density at radius 3 is 2.57 bits per heavy atom. The second kappa shape index (κ2) is 9.48. The number of rotatable bonds is 6. The Morgan fingerprint density at radius 1 is 1.39 bits per heavy atom. The zero-order valence-electron chi connectivity index (χ0n) is 14.1. The van der Waals surface area contributed by atoms with Gasteiger partial charge in [0.05, 0.1) is 5.70 Å². The van der Waals surface area contributed by atoms with Crippen LogP contribution in [0.15, 0.2) is 51.2 Å². The van der Waals surface area contributed by atoms with Crippen LogP contribution in [0.1, 0.15) is 46.5 Å². The van der Waals surface area contributed by atoms with Crippen molar-refractivity contribution in [2.75, 3.05) is 0 Å². The first-order valence-electron chi connectivity index (χ1n) is 7.90. The van der Waals surface area contributed by atoms with Gasteiger partial charge in [0.1, 0.15) is 0 Å². The molecular formula is C18H26ClN3O. The number of carbonyl (C=O) groups excluding carboxylic acids is 1. The molecule has 0 aromatic heterocycles. The lowest BCUT2D eigenvalue weighted by Gasteiger charge is -2.16. The van der Waals surface area contributed by atoms with Gasteiger partial charge in [-0.15, -0.1) is 0 Å². The normalized spacial score (nSPS) is 19.4. The predicted molar refractivity (Wildman–Crippen MR) is 98.3 cm³/mol. The first-order chi connectivity index (χ1) is 10.8. The predicted octanol–water partition coefficient (Wildman–Crippen LogP) is 3.73. The van der Waals surface area contributed by atoms with Crippen molar-refractivity contribution >= 4 is 23.2 Å². The zero-order valence-corrected chi connectivity index (χ0v) is 14.9. The summed E-state index contributed by atoms with van der Waals surface area (Å²) in [5.41, 5.74) is 14.6. The highest BCUT2D eigenvalue weighted by molar-refractivity contribution is 6.31.